The van der Waals surface area contributed by atoms with Crippen LogP contribution in [0.4, 0.5) is 0 Å². The third-order valence-electron chi connectivity index (χ3n) is 5.12. The molecule has 128 valence electrons. The number of nitrogens with one attached hydrogen (secondary N) is 2. The summed E-state index contributed by atoms with van der Waals surface area (Å²) < 4.78 is 5.72. The maximum atomic E-state index is 12.1. The fourth-order valence-electron chi connectivity index (χ4n) is 3.29. The second-order valence-corrected chi connectivity index (χ2v) is 6.47. The van der Waals surface area contributed by atoms with Crippen LogP contribution >= 0.6 is 0 Å². The smallest absolute Gasteiger partial charge is 0.247 e. The first kappa shape index (κ1) is 16.6. The molecule has 6 heteroatoms. The molecule has 0 saturated carbocycles. The molecule has 2 N–H and O–H groups in total. The van der Waals surface area contributed by atoms with Gasteiger partial charge in [-0.2, -0.15) is 0 Å². The lowest BCUT2D eigenvalue weighted by Crippen LogP contribution is -2.45. The third-order valence-corrected chi connectivity index (χ3v) is 5.12. The number of amides is 1. The maximum Gasteiger partial charge on any atom is 0.247 e. The number of nitrogens with zero attached hydrogens (tertiary/aromatic N) is 2. The third kappa shape index (κ3) is 3.06. The Balaban J connectivity index is 1.69. The van der Waals surface area contributed by atoms with E-state index in [1.165, 1.54) is 5.56 Å². The molecule has 1 aliphatic heterocycles. The summed E-state index contributed by atoms with van der Waals surface area (Å²) in [6.45, 7) is 7.39. The van der Waals surface area contributed by atoms with Crippen LogP contribution in [0.25, 0.3) is 11.5 Å². The van der Waals surface area contributed by atoms with Gasteiger partial charge in [-0.15, -0.1) is 10.2 Å². The van der Waals surface area contributed by atoms with Crippen molar-refractivity contribution in [3.05, 3.63) is 35.7 Å². The average molecular weight is 328 g/mol. The minimum absolute atomic E-state index is 0.0448. The zero-order valence-electron chi connectivity index (χ0n) is 14.4. The van der Waals surface area contributed by atoms with E-state index in [0.717, 1.165) is 24.9 Å². The van der Waals surface area contributed by atoms with E-state index in [-0.39, 0.29) is 17.4 Å². The second-order valence-electron chi connectivity index (χ2n) is 6.47. The van der Waals surface area contributed by atoms with Crippen LogP contribution in [0.1, 0.15) is 38.1 Å². The van der Waals surface area contributed by atoms with Gasteiger partial charge in [0.05, 0.1) is 12.6 Å². The Hall–Kier alpha value is -2.21. The van der Waals surface area contributed by atoms with Gasteiger partial charge in [0.25, 0.3) is 0 Å². The number of carbonyl (C=O) groups excluding carboxylic acids is 1. The van der Waals surface area contributed by atoms with Gasteiger partial charge < -0.3 is 9.73 Å². The normalized spacial score (nSPS) is 19.5. The molecule has 0 spiro atoms. The van der Waals surface area contributed by atoms with Crippen LogP contribution in [0.5, 0.6) is 0 Å². The molecule has 1 saturated heterocycles. The maximum absolute atomic E-state index is 12.1. The molecule has 1 aromatic carbocycles. The molecule has 1 amide bonds. The zero-order valence-corrected chi connectivity index (χ0v) is 14.4. The van der Waals surface area contributed by atoms with E-state index >= 15 is 0 Å². The number of aromatic nitrogens is 2. The summed E-state index contributed by atoms with van der Waals surface area (Å²) in [5.41, 5.74) is 2.04. The molecule has 0 aliphatic carbocycles. The van der Waals surface area contributed by atoms with E-state index in [1.807, 2.05) is 31.2 Å². The number of carbonyl (C=O) groups is 1. The van der Waals surface area contributed by atoms with E-state index < -0.39 is 0 Å². The first-order valence-electron chi connectivity index (χ1n) is 8.48. The van der Waals surface area contributed by atoms with Gasteiger partial charge in [-0.3, -0.25) is 10.1 Å². The Labute approximate surface area is 142 Å². The summed E-state index contributed by atoms with van der Waals surface area (Å²) in [6, 6.07) is 7.73. The summed E-state index contributed by atoms with van der Waals surface area (Å²) in [6.07, 6.45) is 1.89. The lowest BCUT2D eigenvalue weighted by Gasteiger charge is -2.31. The summed E-state index contributed by atoms with van der Waals surface area (Å²) in [5.74, 6) is 1.04. The Bertz CT molecular complexity index is 704. The number of benzene rings is 1. The summed E-state index contributed by atoms with van der Waals surface area (Å²) in [5, 5.41) is 14.5. The van der Waals surface area contributed by atoms with Crippen LogP contribution < -0.4 is 10.6 Å². The van der Waals surface area contributed by atoms with E-state index in [9.17, 15) is 4.79 Å². The van der Waals surface area contributed by atoms with Crippen LogP contribution in [0.2, 0.25) is 0 Å². The first-order chi connectivity index (χ1) is 11.6. The van der Waals surface area contributed by atoms with Crippen molar-refractivity contribution in [2.45, 2.75) is 46.2 Å². The molecule has 3 rings (SSSR count). The lowest BCUT2D eigenvalue weighted by atomic mass is 9.78. The van der Waals surface area contributed by atoms with Crippen molar-refractivity contribution in [3.8, 4) is 11.5 Å². The molecule has 1 fully saturated rings. The van der Waals surface area contributed by atoms with Crippen LogP contribution in [-0.2, 0) is 11.3 Å². The topological polar surface area (TPSA) is 80.0 Å². The monoisotopic (exact) mass is 328 g/mol. The SMILES string of the molecule is CCC1(CC)CNC(=O)C1NCc1nnc(-c2ccc(C)cc2)o1. The fraction of sp³-hybridized carbons (Fsp3) is 0.500. The van der Waals surface area contributed by atoms with Gasteiger partial charge in [0.15, 0.2) is 0 Å². The highest BCUT2D eigenvalue weighted by Gasteiger charge is 2.45. The number of hydrogen-bond donors (Lipinski definition) is 2. The van der Waals surface area contributed by atoms with Crippen molar-refractivity contribution in [2.75, 3.05) is 6.54 Å². The molecule has 2 aromatic rings. The van der Waals surface area contributed by atoms with Gasteiger partial charge in [0, 0.05) is 17.5 Å². The molecule has 1 unspecified atom stereocenters. The van der Waals surface area contributed by atoms with E-state index in [2.05, 4.69) is 34.7 Å². The van der Waals surface area contributed by atoms with Gasteiger partial charge in [-0.05, 0) is 31.9 Å². The molecular weight excluding hydrogens is 304 g/mol. The van der Waals surface area contributed by atoms with Crippen molar-refractivity contribution < 1.29 is 9.21 Å². The minimum atomic E-state index is -0.220. The largest absolute Gasteiger partial charge is 0.419 e. The van der Waals surface area contributed by atoms with Gasteiger partial charge in [-0.25, -0.2) is 0 Å². The van der Waals surface area contributed by atoms with Crippen LogP contribution in [0.15, 0.2) is 28.7 Å². The molecule has 1 aromatic heterocycles. The van der Waals surface area contributed by atoms with Crippen molar-refractivity contribution in [1.82, 2.24) is 20.8 Å². The Morgan fingerprint density at radius 1 is 1.25 bits per heavy atom. The highest BCUT2D eigenvalue weighted by molar-refractivity contribution is 5.85. The van der Waals surface area contributed by atoms with Crippen molar-refractivity contribution in [3.63, 3.8) is 0 Å². The van der Waals surface area contributed by atoms with E-state index in [4.69, 9.17) is 4.42 Å². The molecule has 24 heavy (non-hydrogen) atoms. The quantitative estimate of drug-likeness (QED) is 0.851. The average Bonchev–Trinajstić information content (AvgIpc) is 3.19. The number of hydrogen-bond acceptors (Lipinski definition) is 5. The van der Waals surface area contributed by atoms with Gasteiger partial charge >= 0.3 is 0 Å². The first-order valence-corrected chi connectivity index (χ1v) is 8.48. The highest BCUT2D eigenvalue weighted by Crippen LogP contribution is 2.34. The van der Waals surface area contributed by atoms with Crippen LogP contribution in [0.3, 0.4) is 0 Å². The molecular formula is C18H24N4O2. The Morgan fingerprint density at radius 2 is 1.96 bits per heavy atom. The Morgan fingerprint density at radius 3 is 2.62 bits per heavy atom. The standard InChI is InChI=1S/C18H24N4O2/c1-4-18(5-2)11-20-16(23)15(18)19-10-14-21-22-17(24-14)13-8-6-12(3)7-9-13/h6-9,15,19H,4-5,10-11H2,1-3H3,(H,20,23). The molecule has 0 radical (unpaired) electrons. The summed E-state index contributed by atoms with van der Waals surface area (Å²) >= 11 is 0. The van der Waals surface area contributed by atoms with Gasteiger partial charge in [0.2, 0.25) is 17.7 Å². The fourth-order valence-corrected chi connectivity index (χ4v) is 3.29. The van der Waals surface area contributed by atoms with E-state index in [0.29, 0.717) is 18.3 Å². The molecule has 1 aliphatic rings. The Kier molecular flexibility index (Phi) is 4.66. The predicted molar refractivity (Wildman–Crippen MR) is 91.1 cm³/mol. The van der Waals surface area contributed by atoms with Crippen LogP contribution in [0, 0.1) is 12.3 Å². The molecule has 0 bridgehead atoms. The molecule has 1 atom stereocenters. The van der Waals surface area contributed by atoms with Crippen molar-refractivity contribution in [2.24, 2.45) is 5.41 Å². The minimum Gasteiger partial charge on any atom is -0.419 e. The highest BCUT2D eigenvalue weighted by atomic mass is 16.4. The summed E-state index contributed by atoms with van der Waals surface area (Å²) in [4.78, 5) is 12.1. The van der Waals surface area contributed by atoms with Crippen molar-refractivity contribution in [1.29, 1.82) is 0 Å². The predicted octanol–water partition coefficient (Wildman–Crippen LogP) is 2.44. The molecule has 2 heterocycles. The van der Waals surface area contributed by atoms with E-state index in [1.54, 1.807) is 0 Å². The van der Waals surface area contributed by atoms with Gasteiger partial charge in [0.1, 0.15) is 0 Å². The molecule has 6 nitrogen and oxygen atoms in total. The van der Waals surface area contributed by atoms with Crippen LogP contribution in [-0.4, -0.2) is 28.7 Å². The number of aryl methyl sites for hydroxylation is 1. The zero-order chi connectivity index (χ0) is 17.2. The summed E-state index contributed by atoms with van der Waals surface area (Å²) in [7, 11) is 0. The van der Waals surface area contributed by atoms with Gasteiger partial charge in [-0.1, -0.05) is 31.5 Å². The number of rotatable bonds is 6. The lowest BCUT2D eigenvalue weighted by molar-refractivity contribution is -0.122. The second kappa shape index (κ2) is 6.73. The van der Waals surface area contributed by atoms with Crippen molar-refractivity contribution >= 4 is 5.91 Å².